The molecular formula is C19H20Cl2N6O. The summed E-state index contributed by atoms with van der Waals surface area (Å²) in [6.07, 6.45) is 4.30. The summed E-state index contributed by atoms with van der Waals surface area (Å²) in [4.78, 5) is 28.4. The monoisotopic (exact) mass is 418 g/mol. The van der Waals surface area contributed by atoms with E-state index in [1.54, 1.807) is 24.5 Å². The lowest BCUT2D eigenvalue weighted by Crippen LogP contribution is -2.39. The molecule has 1 aromatic carbocycles. The van der Waals surface area contributed by atoms with Crippen molar-refractivity contribution in [3.8, 4) is 0 Å². The number of fused-ring (bicyclic) bond motifs is 1. The van der Waals surface area contributed by atoms with Gasteiger partial charge in [0.15, 0.2) is 0 Å². The lowest BCUT2D eigenvalue weighted by molar-refractivity contribution is -0.128. The zero-order chi connectivity index (χ0) is 19.7. The van der Waals surface area contributed by atoms with Crippen LogP contribution in [-0.4, -0.2) is 58.5 Å². The molecule has 1 aliphatic heterocycles. The number of aromatic amines is 1. The van der Waals surface area contributed by atoms with Gasteiger partial charge >= 0.3 is 0 Å². The number of nitrogens with one attached hydrogen (secondary N) is 2. The van der Waals surface area contributed by atoms with Crippen molar-refractivity contribution in [2.75, 3.05) is 36.9 Å². The van der Waals surface area contributed by atoms with Crippen LogP contribution >= 0.6 is 23.2 Å². The Labute approximate surface area is 172 Å². The lowest BCUT2D eigenvalue weighted by Gasteiger charge is -2.26. The quantitative estimate of drug-likeness (QED) is 0.663. The van der Waals surface area contributed by atoms with Gasteiger partial charge in [-0.05, 0) is 30.7 Å². The van der Waals surface area contributed by atoms with Crippen LogP contribution < -0.4 is 10.2 Å². The van der Waals surface area contributed by atoms with E-state index in [2.05, 4.69) is 25.2 Å². The first-order valence-electron chi connectivity index (χ1n) is 9.00. The summed E-state index contributed by atoms with van der Waals surface area (Å²) < 4.78 is 0. The van der Waals surface area contributed by atoms with E-state index in [1.165, 1.54) is 0 Å². The SMILES string of the molecule is CN(c1ncnc2[nH]ccc12)[C@H]1CCN(C(=O)CNc2cc(Cl)cc(Cl)c2)C1. The van der Waals surface area contributed by atoms with Crippen LogP contribution in [0.2, 0.25) is 10.0 Å². The second-order valence-corrected chi connectivity index (χ2v) is 7.71. The van der Waals surface area contributed by atoms with E-state index in [0.29, 0.717) is 23.1 Å². The van der Waals surface area contributed by atoms with Crippen molar-refractivity contribution in [1.29, 1.82) is 0 Å². The van der Waals surface area contributed by atoms with E-state index in [1.807, 2.05) is 24.2 Å². The maximum Gasteiger partial charge on any atom is 0.241 e. The number of hydrogen-bond acceptors (Lipinski definition) is 5. The van der Waals surface area contributed by atoms with Crippen molar-refractivity contribution in [1.82, 2.24) is 19.9 Å². The molecule has 1 atom stereocenters. The summed E-state index contributed by atoms with van der Waals surface area (Å²) in [6.45, 7) is 1.57. The third-order valence-electron chi connectivity index (χ3n) is 5.04. The molecule has 146 valence electrons. The van der Waals surface area contributed by atoms with Gasteiger partial charge in [0.1, 0.15) is 17.8 Å². The summed E-state index contributed by atoms with van der Waals surface area (Å²) in [5.41, 5.74) is 1.54. The van der Waals surface area contributed by atoms with E-state index in [9.17, 15) is 4.79 Å². The highest BCUT2D eigenvalue weighted by Crippen LogP contribution is 2.26. The lowest BCUT2D eigenvalue weighted by atomic mass is 10.2. The van der Waals surface area contributed by atoms with E-state index in [0.717, 1.165) is 29.0 Å². The normalized spacial score (nSPS) is 16.5. The molecule has 2 N–H and O–H groups in total. The number of carbonyl (C=O) groups excluding carboxylic acids is 1. The molecule has 3 aromatic rings. The Bertz CT molecular complexity index is 987. The molecule has 2 aromatic heterocycles. The average molecular weight is 419 g/mol. The first-order valence-corrected chi connectivity index (χ1v) is 9.75. The fourth-order valence-corrected chi connectivity index (χ4v) is 4.07. The van der Waals surface area contributed by atoms with Crippen LogP contribution in [0, 0.1) is 0 Å². The molecule has 0 saturated carbocycles. The van der Waals surface area contributed by atoms with Crippen molar-refractivity contribution in [2.24, 2.45) is 0 Å². The molecule has 3 heterocycles. The number of amides is 1. The molecule has 0 unspecified atom stereocenters. The minimum atomic E-state index is 0.0430. The second kappa shape index (κ2) is 7.85. The van der Waals surface area contributed by atoms with Crippen molar-refractivity contribution < 1.29 is 4.79 Å². The maximum absolute atomic E-state index is 12.6. The molecule has 4 rings (SSSR count). The number of carbonyl (C=O) groups is 1. The second-order valence-electron chi connectivity index (χ2n) is 6.84. The highest BCUT2D eigenvalue weighted by molar-refractivity contribution is 6.35. The van der Waals surface area contributed by atoms with Crippen molar-refractivity contribution in [3.05, 3.63) is 46.8 Å². The number of H-pyrrole nitrogens is 1. The zero-order valence-corrected chi connectivity index (χ0v) is 16.8. The van der Waals surface area contributed by atoms with Gasteiger partial charge in [0.05, 0.1) is 11.9 Å². The molecule has 0 spiro atoms. The van der Waals surface area contributed by atoms with Gasteiger partial charge in [-0.25, -0.2) is 9.97 Å². The third-order valence-corrected chi connectivity index (χ3v) is 5.47. The summed E-state index contributed by atoms with van der Waals surface area (Å²) >= 11 is 12.0. The first kappa shape index (κ1) is 18.8. The molecule has 0 radical (unpaired) electrons. The Morgan fingerprint density at radius 2 is 2.11 bits per heavy atom. The number of halogens is 2. The number of hydrogen-bond donors (Lipinski definition) is 2. The van der Waals surface area contributed by atoms with Gasteiger partial charge in [0, 0.05) is 48.1 Å². The van der Waals surface area contributed by atoms with E-state index < -0.39 is 0 Å². The fraction of sp³-hybridized carbons (Fsp3) is 0.316. The molecule has 0 bridgehead atoms. The van der Waals surface area contributed by atoms with Crippen LogP contribution in [0.5, 0.6) is 0 Å². The molecule has 0 aliphatic carbocycles. The number of aromatic nitrogens is 3. The predicted molar refractivity (Wildman–Crippen MR) is 112 cm³/mol. The highest BCUT2D eigenvalue weighted by atomic mass is 35.5. The Kier molecular flexibility index (Phi) is 5.28. The van der Waals surface area contributed by atoms with Crippen molar-refractivity contribution in [3.63, 3.8) is 0 Å². The topological polar surface area (TPSA) is 77.2 Å². The molecule has 1 aliphatic rings. The zero-order valence-electron chi connectivity index (χ0n) is 15.3. The van der Waals surface area contributed by atoms with E-state index >= 15 is 0 Å². The third kappa shape index (κ3) is 3.86. The smallest absolute Gasteiger partial charge is 0.241 e. The number of anilines is 2. The first-order chi connectivity index (χ1) is 13.5. The molecule has 7 nitrogen and oxygen atoms in total. The fourth-order valence-electron chi connectivity index (χ4n) is 3.54. The van der Waals surface area contributed by atoms with Crippen LogP contribution in [0.4, 0.5) is 11.5 Å². The van der Waals surface area contributed by atoms with E-state index in [4.69, 9.17) is 23.2 Å². The van der Waals surface area contributed by atoms with Crippen LogP contribution in [0.15, 0.2) is 36.8 Å². The summed E-state index contributed by atoms with van der Waals surface area (Å²) in [7, 11) is 2.01. The Morgan fingerprint density at radius 3 is 2.89 bits per heavy atom. The van der Waals surface area contributed by atoms with Gasteiger partial charge in [0.2, 0.25) is 5.91 Å². The van der Waals surface area contributed by atoms with Crippen LogP contribution in [-0.2, 0) is 4.79 Å². The summed E-state index contributed by atoms with van der Waals surface area (Å²) in [5.74, 6) is 0.915. The van der Waals surface area contributed by atoms with Gasteiger partial charge in [-0.3, -0.25) is 4.79 Å². The molecule has 28 heavy (non-hydrogen) atoms. The minimum absolute atomic E-state index is 0.0430. The number of rotatable bonds is 5. The largest absolute Gasteiger partial charge is 0.376 e. The Hall–Kier alpha value is -2.51. The van der Waals surface area contributed by atoms with Gasteiger partial charge in [0.25, 0.3) is 0 Å². The number of likely N-dealkylation sites (N-methyl/N-ethyl adjacent to an activating group) is 1. The number of likely N-dealkylation sites (tertiary alicyclic amines) is 1. The van der Waals surface area contributed by atoms with Gasteiger partial charge in [-0.1, -0.05) is 23.2 Å². The molecule has 1 amide bonds. The molecule has 1 saturated heterocycles. The Morgan fingerprint density at radius 1 is 1.32 bits per heavy atom. The van der Waals surface area contributed by atoms with Crippen LogP contribution in [0.3, 0.4) is 0 Å². The standard InChI is InChI=1S/C19H20Cl2N6O/c1-26(19-16-2-4-22-18(16)24-11-25-19)15-3-5-27(10-15)17(28)9-23-14-7-12(20)6-13(21)8-14/h2,4,6-8,11,15,23H,3,5,9-10H2,1H3,(H,22,24,25)/t15-/m0/s1. The highest BCUT2D eigenvalue weighted by Gasteiger charge is 2.30. The van der Waals surface area contributed by atoms with Crippen LogP contribution in [0.1, 0.15) is 6.42 Å². The molecular weight excluding hydrogens is 399 g/mol. The molecule has 1 fully saturated rings. The van der Waals surface area contributed by atoms with Crippen LogP contribution in [0.25, 0.3) is 11.0 Å². The summed E-state index contributed by atoms with van der Waals surface area (Å²) in [6, 6.07) is 7.33. The van der Waals surface area contributed by atoms with E-state index in [-0.39, 0.29) is 18.5 Å². The van der Waals surface area contributed by atoms with Gasteiger partial charge < -0.3 is 20.1 Å². The molecule has 9 heteroatoms. The van der Waals surface area contributed by atoms with Gasteiger partial charge in [-0.2, -0.15) is 0 Å². The Balaban J connectivity index is 1.38. The van der Waals surface area contributed by atoms with Gasteiger partial charge in [-0.15, -0.1) is 0 Å². The van der Waals surface area contributed by atoms with Crippen molar-refractivity contribution in [2.45, 2.75) is 12.5 Å². The number of nitrogens with zero attached hydrogens (tertiary/aromatic N) is 4. The average Bonchev–Trinajstić information content (AvgIpc) is 3.34. The van der Waals surface area contributed by atoms with Crippen molar-refractivity contribution >= 4 is 51.6 Å². The predicted octanol–water partition coefficient (Wildman–Crippen LogP) is 3.41. The summed E-state index contributed by atoms with van der Waals surface area (Å²) in [5, 5.41) is 5.15. The number of benzene rings is 1. The maximum atomic E-state index is 12.6. The minimum Gasteiger partial charge on any atom is -0.376 e.